The van der Waals surface area contributed by atoms with Crippen molar-refractivity contribution in [2.24, 2.45) is 0 Å². The van der Waals surface area contributed by atoms with E-state index in [0.29, 0.717) is 11.4 Å². The van der Waals surface area contributed by atoms with Crippen LogP contribution in [0.2, 0.25) is 0 Å². The van der Waals surface area contributed by atoms with Crippen LogP contribution >= 0.6 is 0 Å². The second kappa shape index (κ2) is 5.10. The van der Waals surface area contributed by atoms with E-state index in [0.717, 1.165) is 5.56 Å². The summed E-state index contributed by atoms with van der Waals surface area (Å²) in [4.78, 5) is 13.7. The van der Waals surface area contributed by atoms with E-state index in [1.165, 1.54) is 11.0 Å². The van der Waals surface area contributed by atoms with Crippen LogP contribution < -0.4 is 10.6 Å². The molecule has 0 saturated heterocycles. The van der Waals surface area contributed by atoms with Gasteiger partial charge in [-0.25, -0.2) is 4.39 Å². The second-order valence-electron chi connectivity index (χ2n) is 4.44. The quantitative estimate of drug-likeness (QED) is 0.842. The molecular formula is C15H15FN2O. The zero-order chi connectivity index (χ0) is 14.0. The summed E-state index contributed by atoms with van der Waals surface area (Å²) in [5.74, 6) is -0.899. The Morgan fingerprint density at radius 1 is 1.16 bits per heavy atom. The minimum atomic E-state index is -0.516. The van der Waals surface area contributed by atoms with E-state index < -0.39 is 5.82 Å². The van der Waals surface area contributed by atoms with Crippen molar-refractivity contribution >= 4 is 17.3 Å². The molecule has 0 saturated carbocycles. The predicted octanol–water partition coefficient (Wildman–Crippen LogP) is 2.99. The molecule has 1 amide bonds. The molecule has 0 fully saturated rings. The molecule has 2 aromatic rings. The summed E-state index contributed by atoms with van der Waals surface area (Å²) < 4.78 is 13.7. The first-order chi connectivity index (χ1) is 8.99. The van der Waals surface area contributed by atoms with Gasteiger partial charge in [-0.15, -0.1) is 0 Å². The van der Waals surface area contributed by atoms with Crippen molar-refractivity contribution in [3.05, 3.63) is 59.4 Å². The maximum atomic E-state index is 13.7. The molecule has 2 rings (SSSR count). The number of hydrogen-bond donors (Lipinski definition) is 1. The molecule has 3 nitrogen and oxygen atoms in total. The number of carbonyl (C=O) groups is 1. The van der Waals surface area contributed by atoms with E-state index in [1.54, 1.807) is 43.4 Å². The topological polar surface area (TPSA) is 46.3 Å². The minimum Gasteiger partial charge on any atom is -0.399 e. The van der Waals surface area contributed by atoms with Crippen LogP contribution in [0.25, 0.3) is 0 Å². The van der Waals surface area contributed by atoms with Crippen LogP contribution in [0.15, 0.2) is 42.5 Å². The van der Waals surface area contributed by atoms with Crippen LogP contribution in [0.3, 0.4) is 0 Å². The third kappa shape index (κ3) is 2.73. The van der Waals surface area contributed by atoms with Gasteiger partial charge in [-0.2, -0.15) is 0 Å². The number of amides is 1. The fourth-order valence-corrected chi connectivity index (χ4v) is 1.80. The fourth-order valence-electron chi connectivity index (χ4n) is 1.80. The Kier molecular flexibility index (Phi) is 3.51. The molecular weight excluding hydrogens is 243 g/mol. The average Bonchev–Trinajstić information content (AvgIpc) is 2.41. The van der Waals surface area contributed by atoms with Crippen LogP contribution in [0.4, 0.5) is 15.8 Å². The molecule has 0 bridgehead atoms. The Labute approximate surface area is 111 Å². The number of nitrogen functional groups attached to an aromatic ring is 1. The lowest BCUT2D eigenvalue weighted by Gasteiger charge is -2.18. The lowest BCUT2D eigenvalue weighted by atomic mass is 10.1. The number of anilines is 2. The third-order valence-electron chi connectivity index (χ3n) is 2.94. The van der Waals surface area contributed by atoms with Gasteiger partial charge in [0.25, 0.3) is 5.91 Å². The summed E-state index contributed by atoms with van der Waals surface area (Å²) in [5, 5.41) is 0. The lowest BCUT2D eigenvalue weighted by molar-refractivity contribution is 0.0989. The van der Waals surface area contributed by atoms with Crippen molar-refractivity contribution in [1.29, 1.82) is 0 Å². The number of halogens is 1. The Morgan fingerprint density at radius 2 is 1.79 bits per heavy atom. The largest absolute Gasteiger partial charge is 0.399 e. The van der Waals surface area contributed by atoms with Gasteiger partial charge in [0.2, 0.25) is 0 Å². The normalized spacial score (nSPS) is 10.3. The van der Waals surface area contributed by atoms with Crippen molar-refractivity contribution in [1.82, 2.24) is 0 Å². The molecule has 0 aliphatic carbocycles. The molecule has 98 valence electrons. The molecule has 2 aromatic carbocycles. The van der Waals surface area contributed by atoms with Gasteiger partial charge in [-0.3, -0.25) is 4.79 Å². The molecule has 0 heterocycles. The molecule has 4 heteroatoms. The van der Waals surface area contributed by atoms with E-state index >= 15 is 0 Å². The molecule has 0 aliphatic rings. The summed E-state index contributed by atoms with van der Waals surface area (Å²) in [7, 11) is 1.61. The van der Waals surface area contributed by atoms with Gasteiger partial charge in [0.05, 0.1) is 5.56 Å². The van der Waals surface area contributed by atoms with Gasteiger partial charge in [-0.1, -0.05) is 11.6 Å². The van der Waals surface area contributed by atoms with Gasteiger partial charge < -0.3 is 10.6 Å². The number of rotatable bonds is 2. The van der Waals surface area contributed by atoms with E-state index in [4.69, 9.17) is 5.73 Å². The van der Waals surface area contributed by atoms with Gasteiger partial charge in [0.15, 0.2) is 0 Å². The minimum absolute atomic E-state index is 0.0688. The third-order valence-corrected chi connectivity index (χ3v) is 2.94. The Hall–Kier alpha value is -2.36. The van der Waals surface area contributed by atoms with Crippen molar-refractivity contribution in [3.8, 4) is 0 Å². The van der Waals surface area contributed by atoms with Gasteiger partial charge in [0.1, 0.15) is 5.82 Å². The van der Waals surface area contributed by atoms with Crippen molar-refractivity contribution in [3.63, 3.8) is 0 Å². The first-order valence-electron chi connectivity index (χ1n) is 5.89. The average molecular weight is 258 g/mol. The maximum Gasteiger partial charge on any atom is 0.260 e. The first kappa shape index (κ1) is 13.1. The molecule has 0 radical (unpaired) electrons. The highest BCUT2D eigenvalue weighted by molar-refractivity contribution is 6.06. The zero-order valence-corrected chi connectivity index (χ0v) is 10.9. The number of aryl methyl sites for hydroxylation is 1. The number of benzene rings is 2. The van der Waals surface area contributed by atoms with Crippen LogP contribution in [-0.4, -0.2) is 13.0 Å². The number of carbonyl (C=O) groups excluding carboxylic acids is 1. The maximum absolute atomic E-state index is 13.7. The molecule has 0 aromatic heterocycles. The van der Waals surface area contributed by atoms with Crippen LogP contribution in [0, 0.1) is 12.7 Å². The van der Waals surface area contributed by atoms with E-state index in [2.05, 4.69) is 0 Å². The summed E-state index contributed by atoms with van der Waals surface area (Å²) in [6.45, 7) is 1.82. The molecule has 0 aliphatic heterocycles. The molecule has 0 atom stereocenters. The van der Waals surface area contributed by atoms with E-state index in [1.807, 2.05) is 6.92 Å². The molecule has 2 N–H and O–H groups in total. The van der Waals surface area contributed by atoms with Gasteiger partial charge >= 0.3 is 0 Å². The van der Waals surface area contributed by atoms with E-state index in [9.17, 15) is 9.18 Å². The predicted molar refractivity (Wildman–Crippen MR) is 74.7 cm³/mol. The highest BCUT2D eigenvalue weighted by Crippen LogP contribution is 2.19. The highest BCUT2D eigenvalue weighted by Gasteiger charge is 2.17. The van der Waals surface area contributed by atoms with Gasteiger partial charge in [-0.05, 0) is 43.3 Å². The SMILES string of the molecule is Cc1ccc(F)c(C(=O)N(C)c2ccc(N)cc2)c1. The summed E-state index contributed by atoms with van der Waals surface area (Å²) in [5.41, 5.74) is 7.79. The van der Waals surface area contributed by atoms with Crippen LogP contribution in [0.5, 0.6) is 0 Å². The van der Waals surface area contributed by atoms with Crippen molar-refractivity contribution < 1.29 is 9.18 Å². The summed E-state index contributed by atoms with van der Waals surface area (Å²) >= 11 is 0. The number of hydrogen-bond acceptors (Lipinski definition) is 2. The first-order valence-corrected chi connectivity index (χ1v) is 5.89. The standard InChI is InChI=1S/C15H15FN2O/c1-10-3-8-14(16)13(9-10)15(19)18(2)12-6-4-11(17)5-7-12/h3-9H,17H2,1-2H3. The lowest BCUT2D eigenvalue weighted by Crippen LogP contribution is -2.27. The number of nitrogens with zero attached hydrogens (tertiary/aromatic N) is 1. The summed E-state index contributed by atoms with van der Waals surface area (Å²) in [6, 6.07) is 11.3. The molecule has 0 spiro atoms. The van der Waals surface area contributed by atoms with Gasteiger partial charge in [0, 0.05) is 18.4 Å². The smallest absolute Gasteiger partial charge is 0.260 e. The Morgan fingerprint density at radius 3 is 2.42 bits per heavy atom. The van der Waals surface area contributed by atoms with Crippen LogP contribution in [0.1, 0.15) is 15.9 Å². The monoisotopic (exact) mass is 258 g/mol. The van der Waals surface area contributed by atoms with Crippen LogP contribution in [-0.2, 0) is 0 Å². The Bertz CT molecular complexity index is 608. The molecule has 0 unspecified atom stereocenters. The fraction of sp³-hybridized carbons (Fsp3) is 0.133. The highest BCUT2D eigenvalue weighted by atomic mass is 19.1. The molecule has 19 heavy (non-hydrogen) atoms. The van der Waals surface area contributed by atoms with Crippen molar-refractivity contribution in [2.75, 3.05) is 17.7 Å². The zero-order valence-electron chi connectivity index (χ0n) is 10.9. The summed E-state index contributed by atoms with van der Waals surface area (Å²) in [6.07, 6.45) is 0. The van der Waals surface area contributed by atoms with Crippen molar-refractivity contribution in [2.45, 2.75) is 6.92 Å². The Balaban J connectivity index is 2.33. The van der Waals surface area contributed by atoms with E-state index in [-0.39, 0.29) is 11.5 Å². The second-order valence-corrected chi connectivity index (χ2v) is 4.44. The number of nitrogens with two attached hydrogens (primary N) is 1.